The van der Waals surface area contributed by atoms with Gasteiger partial charge in [0.1, 0.15) is 0 Å². The van der Waals surface area contributed by atoms with Crippen LogP contribution in [0.25, 0.3) is 0 Å². The quantitative estimate of drug-likeness (QED) is 0.896. The van der Waals surface area contributed by atoms with Gasteiger partial charge in [0.2, 0.25) is 0 Å². The summed E-state index contributed by atoms with van der Waals surface area (Å²) in [6, 6.07) is 6.45. The number of halogens is 1. The SMILES string of the molecule is Cc1ccc(C(N)C2CCOC2)cc1Br. The molecule has 1 aliphatic heterocycles. The molecule has 2 atom stereocenters. The number of hydrogen-bond acceptors (Lipinski definition) is 2. The molecule has 0 saturated carbocycles. The van der Waals surface area contributed by atoms with E-state index >= 15 is 0 Å². The molecule has 1 aromatic rings. The van der Waals surface area contributed by atoms with Crippen molar-refractivity contribution in [1.82, 2.24) is 0 Å². The van der Waals surface area contributed by atoms with Crippen molar-refractivity contribution in [3.63, 3.8) is 0 Å². The van der Waals surface area contributed by atoms with E-state index in [4.69, 9.17) is 10.5 Å². The van der Waals surface area contributed by atoms with Gasteiger partial charge in [-0.05, 0) is 30.5 Å². The third kappa shape index (κ3) is 2.41. The second-order valence-corrected chi connectivity index (χ2v) is 5.01. The Kier molecular flexibility index (Phi) is 3.44. The molecule has 1 aliphatic rings. The van der Waals surface area contributed by atoms with Crippen molar-refractivity contribution in [1.29, 1.82) is 0 Å². The van der Waals surface area contributed by atoms with Gasteiger partial charge in [0, 0.05) is 23.0 Å². The summed E-state index contributed by atoms with van der Waals surface area (Å²) in [5.74, 6) is 0.472. The van der Waals surface area contributed by atoms with Gasteiger partial charge in [-0.15, -0.1) is 0 Å². The summed E-state index contributed by atoms with van der Waals surface area (Å²) in [5, 5.41) is 0. The molecule has 0 spiro atoms. The molecule has 1 fully saturated rings. The van der Waals surface area contributed by atoms with Crippen molar-refractivity contribution >= 4 is 15.9 Å². The van der Waals surface area contributed by atoms with Crippen LogP contribution in [0.5, 0.6) is 0 Å². The number of rotatable bonds is 2. The fourth-order valence-electron chi connectivity index (χ4n) is 1.92. The van der Waals surface area contributed by atoms with Crippen LogP contribution in [-0.4, -0.2) is 13.2 Å². The molecule has 1 heterocycles. The molecule has 1 saturated heterocycles. The predicted octanol–water partition coefficient (Wildman–Crippen LogP) is 2.79. The molecule has 1 aromatic carbocycles. The smallest absolute Gasteiger partial charge is 0.0513 e. The Hall–Kier alpha value is -0.380. The summed E-state index contributed by atoms with van der Waals surface area (Å²) in [5.41, 5.74) is 8.66. The highest BCUT2D eigenvalue weighted by Crippen LogP contribution is 2.29. The van der Waals surface area contributed by atoms with Gasteiger partial charge in [-0.1, -0.05) is 28.1 Å². The maximum atomic E-state index is 6.22. The second-order valence-electron chi connectivity index (χ2n) is 4.16. The van der Waals surface area contributed by atoms with Gasteiger partial charge < -0.3 is 10.5 Å². The van der Waals surface area contributed by atoms with Crippen LogP contribution in [0, 0.1) is 12.8 Å². The van der Waals surface area contributed by atoms with Gasteiger partial charge in [0.05, 0.1) is 6.61 Å². The van der Waals surface area contributed by atoms with E-state index in [-0.39, 0.29) is 6.04 Å². The number of nitrogens with two attached hydrogens (primary N) is 1. The molecule has 2 unspecified atom stereocenters. The molecule has 82 valence electrons. The summed E-state index contributed by atoms with van der Waals surface area (Å²) >= 11 is 3.54. The van der Waals surface area contributed by atoms with Crippen LogP contribution in [0.4, 0.5) is 0 Å². The summed E-state index contributed by atoms with van der Waals surface area (Å²) < 4.78 is 6.50. The van der Waals surface area contributed by atoms with E-state index < -0.39 is 0 Å². The van der Waals surface area contributed by atoms with Gasteiger partial charge in [0.15, 0.2) is 0 Å². The highest BCUT2D eigenvalue weighted by molar-refractivity contribution is 9.10. The number of aryl methyl sites for hydroxylation is 1. The minimum absolute atomic E-state index is 0.101. The zero-order chi connectivity index (χ0) is 10.8. The zero-order valence-corrected chi connectivity index (χ0v) is 10.5. The molecule has 2 N–H and O–H groups in total. The van der Waals surface area contributed by atoms with Gasteiger partial charge >= 0.3 is 0 Å². The summed E-state index contributed by atoms with van der Waals surface area (Å²) in [6.45, 7) is 3.73. The first-order chi connectivity index (χ1) is 7.18. The van der Waals surface area contributed by atoms with Gasteiger partial charge in [-0.25, -0.2) is 0 Å². The summed E-state index contributed by atoms with van der Waals surface area (Å²) in [4.78, 5) is 0. The fraction of sp³-hybridized carbons (Fsp3) is 0.500. The summed E-state index contributed by atoms with van der Waals surface area (Å²) in [6.07, 6.45) is 1.08. The molecule has 0 aromatic heterocycles. The van der Waals surface area contributed by atoms with Gasteiger partial charge in [-0.3, -0.25) is 0 Å². The fourth-order valence-corrected chi connectivity index (χ4v) is 2.32. The normalized spacial score (nSPS) is 23.0. The average Bonchev–Trinajstić information content (AvgIpc) is 2.74. The molecule has 0 aliphatic carbocycles. The first kappa shape index (κ1) is 11.1. The Morgan fingerprint density at radius 2 is 2.33 bits per heavy atom. The lowest BCUT2D eigenvalue weighted by atomic mass is 9.93. The van der Waals surface area contributed by atoms with E-state index in [1.165, 1.54) is 11.1 Å². The molecule has 0 bridgehead atoms. The van der Waals surface area contributed by atoms with Crippen LogP contribution in [0.3, 0.4) is 0 Å². The lowest BCUT2D eigenvalue weighted by Gasteiger charge is -2.18. The molecule has 0 amide bonds. The van der Waals surface area contributed by atoms with Crippen molar-refractivity contribution in [3.05, 3.63) is 33.8 Å². The van der Waals surface area contributed by atoms with Gasteiger partial charge in [-0.2, -0.15) is 0 Å². The molecule has 15 heavy (non-hydrogen) atoms. The lowest BCUT2D eigenvalue weighted by Crippen LogP contribution is -2.21. The number of hydrogen-bond donors (Lipinski definition) is 1. The molecule has 2 rings (SSSR count). The average molecular weight is 270 g/mol. The van der Waals surface area contributed by atoms with Crippen molar-refractivity contribution < 1.29 is 4.74 Å². The van der Waals surface area contributed by atoms with Crippen molar-refractivity contribution in [2.24, 2.45) is 11.7 Å². The Balaban J connectivity index is 2.17. The predicted molar refractivity (Wildman–Crippen MR) is 64.7 cm³/mol. The molecule has 0 radical (unpaired) electrons. The third-order valence-electron chi connectivity index (χ3n) is 3.05. The Labute approximate surface area is 98.9 Å². The minimum Gasteiger partial charge on any atom is -0.381 e. The largest absolute Gasteiger partial charge is 0.381 e. The monoisotopic (exact) mass is 269 g/mol. The van der Waals surface area contributed by atoms with Crippen LogP contribution in [0.15, 0.2) is 22.7 Å². The van der Waals surface area contributed by atoms with Crippen molar-refractivity contribution in [2.75, 3.05) is 13.2 Å². The zero-order valence-electron chi connectivity index (χ0n) is 8.87. The lowest BCUT2D eigenvalue weighted by molar-refractivity contribution is 0.181. The number of ether oxygens (including phenoxy) is 1. The Morgan fingerprint density at radius 3 is 2.93 bits per heavy atom. The summed E-state index contributed by atoms with van der Waals surface area (Å²) in [7, 11) is 0. The van der Waals surface area contributed by atoms with Crippen molar-refractivity contribution in [3.8, 4) is 0 Å². The highest BCUT2D eigenvalue weighted by atomic mass is 79.9. The maximum Gasteiger partial charge on any atom is 0.0513 e. The van der Waals surface area contributed by atoms with E-state index in [2.05, 4.69) is 41.1 Å². The van der Waals surface area contributed by atoms with Crippen LogP contribution < -0.4 is 5.73 Å². The van der Waals surface area contributed by atoms with Crippen molar-refractivity contribution in [2.45, 2.75) is 19.4 Å². The third-order valence-corrected chi connectivity index (χ3v) is 3.91. The van der Waals surface area contributed by atoms with E-state index in [0.717, 1.165) is 24.1 Å². The van der Waals surface area contributed by atoms with Crippen LogP contribution in [0.1, 0.15) is 23.6 Å². The maximum absolute atomic E-state index is 6.22. The topological polar surface area (TPSA) is 35.2 Å². The minimum atomic E-state index is 0.101. The van der Waals surface area contributed by atoms with Gasteiger partial charge in [0.25, 0.3) is 0 Å². The molecule has 2 nitrogen and oxygen atoms in total. The van der Waals surface area contributed by atoms with Crippen LogP contribution >= 0.6 is 15.9 Å². The molecular weight excluding hydrogens is 254 g/mol. The second kappa shape index (κ2) is 4.64. The first-order valence-corrected chi connectivity index (χ1v) is 6.07. The standard InChI is InChI=1S/C12H16BrNO/c1-8-2-3-9(6-11(8)13)12(14)10-4-5-15-7-10/h2-3,6,10,12H,4-5,7,14H2,1H3. The highest BCUT2D eigenvalue weighted by Gasteiger charge is 2.24. The van der Waals surface area contributed by atoms with Crippen LogP contribution in [-0.2, 0) is 4.74 Å². The van der Waals surface area contributed by atoms with E-state index in [0.29, 0.717) is 5.92 Å². The van der Waals surface area contributed by atoms with E-state index in [1.807, 2.05) is 0 Å². The number of benzene rings is 1. The molecule has 3 heteroatoms. The van der Waals surface area contributed by atoms with E-state index in [9.17, 15) is 0 Å². The molecular formula is C12H16BrNO. The van der Waals surface area contributed by atoms with E-state index in [1.54, 1.807) is 0 Å². The first-order valence-electron chi connectivity index (χ1n) is 5.28. The van der Waals surface area contributed by atoms with Crippen LogP contribution in [0.2, 0.25) is 0 Å². The Bertz CT molecular complexity index is 347. The Morgan fingerprint density at radius 1 is 1.53 bits per heavy atom.